The van der Waals surface area contributed by atoms with E-state index in [1.54, 1.807) is 0 Å². The van der Waals surface area contributed by atoms with Gasteiger partial charge in [0.2, 0.25) is 0 Å². The van der Waals surface area contributed by atoms with Crippen LogP contribution in [0.15, 0.2) is 0 Å². The molecule has 0 aliphatic heterocycles. The first kappa shape index (κ1) is 4.98. The monoisotopic (exact) mass is 73.1 g/mol. The van der Waals surface area contributed by atoms with Crippen molar-refractivity contribution in [3.05, 3.63) is 0 Å². The van der Waals surface area contributed by atoms with E-state index < -0.39 is 0 Å². The van der Waals surface area contributed by atoms with Crippen LogP contribution in [0.1, 0.15) is 6.92 Å². The first-order valence-electron chi connectivity index (χ1n) is 1.73. The Bertz CT molecular complexity index is 17.1. The molecule has 0 unspecified atom stereocenters. The Morgan fingerprint density at radius 3 is 2.60 bits per heavy atom. The predicted octanol–water partition coefficient (Wildman–Crippen LogP) is -0.334. The molecule has 0 aliphatic carbocycles. The van der Waals surface area contributed by atoms with Crippen LogP contribution in [0.4, 0.5) is 0 Å². The average molecular weight is 72.9 g/mol. The highest BCUT2D eigenvalue weighted by atomic mass is 16.6. The molecule has 0 saturated heterocycles. The van der Waals surface area contributed by atoms with E-state index in [0.29, 0.717) is 7.48 Å². The molecule has 0 spiro atoms. The molecule has 0 aromatic heterocycles. The summed E-state index contributed by atoms with van der Waals surface area (Å²) >= 11 is 0. The Morgan fingerprint density at radius 1 is 2.00 bits per heavy atom. The van der Waals surface area contributed by atoms with Gasteiger partial charge in [-0.25, -0.2) is 5.90 Å². The van der Waals surface area contributed by atoms with Crippen molar-refractivity contribution in [1.82, 2.24) is 0 Å². The fourth-order valence-electron chi connectivity index (χ4n) is 0.118. The molecule has 2 nitrogen and oxygen atoms in total. The lowest BCUT2D eigenvalue weighted by Gasteiger charge is -1.80. The number of hydrogen-bond acceptors (Lipinski definition) is 2. The van der Waals surface area contributed by atoms with E-state index in [4.69, 9.17) is 0 Å². The van der Waals surface area contributed by atoms with Gasteiger partial charge in [0.25, 0.3) is 0 Å². The summed E-state index contributed by atoms with van der Waals surface area (Å²) < 4.78 is 4.19. The summed E-state index contributed by atoms with van der Waals surface area (Å²) in [5, 5.41) is 0. The molecule has 0 aliphatic rings. The van der Waals surface area contributed by atoms with E-state index in [1.165, 1.54) is 0 Å². The Hall–Kier alpha value is -0.0151. The summed E-state index contributed by atoms with van der Waals surface area (Å²) in [5.41, 5.74) is 0. The molecule has 2 N–H and O–H groups in total. The standard InChI is InChI=1S/C2H8BNO/c1-2-3-5-4/h3H,2,4H2,1H3. The second-order valence-corrected chi connectivity index (χ2v) is 0.871. The number of rotatable bonds is 2. The van der Waals surface area contributed by atoms with E-state index in [9.17, 15) is 0 Å². The SMILES string of the molecule is CCBON. The van der Waals surface area contributed by atoms with Crippen molar-refractivity contribution in [2.75, 3.05) is 0 Å². The van der Waals surface area contributed by atoms with Crippen LogP contribution in [-0.2, 0) is 4.76 Å². The molecule has 0 radical (unpaired) electrons. The molecule has 0 heterocycles. The average Bonchev–Trinajstić information content (AvgIpc) is 1.41. The molecule has 0 aromatic carbocycles. The molecule has 0 rings (SSSR count). The molecular weight excluding hydrogens is 64.8 g/mol. The van der Waals surface area contributed by atoms with E-state index >= 15 is 0 Å². The molecule has 30 valence electrons. The van der Waals surface area contributed by atoms with Crippen molar-refractivity contribution >= 4 is 7.48 Å². The lowest BCUT2D eigenvalue weighted by atomic mass is 9.99. The summed E-state index contributed by atoms with van der Waals surface area (Å²) in [5.74, 6) is 4.64. The maximum atomic E-state index is 4.64. The minimum absolute atomic E-state index is 0.667. The smallest absolute Gasteiger partial charge is 0.303 e. The van der Waals surface area contributed by atoms with Gasteiger partial charge in [-0.15, -0.1) is 0 Å². The first-order chi connectivity index (χ1) is 2.41. The highest BCUT2D eigenvalue weighted by molar-refractivity contribution is 6.26. The van der Waals surface area contributed by atoms with Gasteiger partial charge in [0.05, 0.1) is 0 Å². The maximum Gasteiger partial charge on any atom is 0.303 e. The van der Waals surface area contributed by atoms with Crippen molar-refractivity contribution in [3.8, 4) is 0 Å². The van der Waals surface area contributed by atoms with Crippen molar-refractivity contribution in [2.45, 2.75) is 13.2 Å². The maximum absolute atomic E-state index is 4.64. The molecule has 0 bridgehead atoms. The van der Waals surface area contributed by atoms with Gasteiger partial charge in [-0.1, -0.05) is 13.2 Å². The van der Waals surface area contributed by atoms with Gasteiger partial charge in [-0.3, -0.25) is 0 Å². The molecular formula is C2H8BNO. The lowest BCUT2D eigenvalue weighted by Crippen LogP contribution is -2.01. The summed E-state index contributed by atoms with van der Waals surface area (Å²) in [6.45, 7) is 2.01. The number of hydrogen-bond donors (Lipinski definition) is 1. The third-order valence-corrected chi connectivity index (χ3v) is 0.322. The second-order valence-electron chi connectivity index (χ2n) is 0.871. The molecule has 0 atom stereocenters. The van der Waals surface area contributed by atoms with Crippen LogP contribution in [0.2, 0.25) is 6.32 Å². The van der Waals surface area contributed by atoms with E-state index in [1.807, 2.05) is 6.92 Å². The van der Waals surface area contributed by atoms with Gasteiger partial charge in [-0.2, -0.15) is 0 Å². The predicted molar refractivity (Wildman–Crippen MR) is 22.9 cm³/mol. The third-order valence-electron chi connectivity index (χ3n) is 0.322. The number of nitrogens with two attached hydrogens (primary N) is 1. The van der Waals surface area contributed by atoms with Gasteiger partial charge in [0.1, 0.15) is 0 Å². The molecule has 0 saturated carbocycles. The Kier molecular flexibility index (Phi) is 3.97. The van der Waals surface area contributed by atoms with Crippen LogP contribution >= 0.6 is 0 Å². The Labute approximate surface area is 32.5 Å². The van der Waals surface area contributed by atoms with Crippen LogP contribution in [-0.4, -0.2) is 7.48 Å². The highest BCUT2D eigenvalue weighted by Crippen LogP contribution is 1.65. The van der Waals surface area contributed by atoms with Crippen molar-refractivity contribution in [1.29, 1.82) is 0 Å². The quantitative estimate of drug-likeness (QED) is 0.358. The van der Waals surface area contributed by atoms with E-state index in [0.717, 1.165) is 6.32 Å². The summed E-state index contributed by atoms with van der Waals surface area (Å²) in [6, 6.07) is 0. The largest absolute Gasteiger partial charge is 0.371 e. The fourth-order valence-corrected chi connectivity index (χ4v) is 0.118. The third kappa shape index (κ3) is 3.98. The van der Waals surface area contributed by atoms with Crippen molar-refractivity contribution in [2.24, 2.45) is 5.90 Å². The molecule has 5 heavy (non-hydrogen) atoms. The van der Waals surface area contributed by atoms with Crippen molar-refractivity contribution < 1.29 is 4.76 Å². The molecule has 0 aromatic rings. The highest BCUT2D eigenvalue weighted by Gasteiger charge is 1.74. The normalized spacial score (nSPS) is 7.60. The second kappa shape index (κ2) is 3.98. The van der Waals surface area contributed by atoms with Gasteiger partial charge >= 0.3 is 7.48 Å². The van der Waals surface area contributed by atoms with Gasteiger partial charge in [0, 0.05) is 0 Å². The van der Waals surface area contributed by atoms with Crippen LogP contribution in [0.3, 0.4) is 0 Å². The zero-order chi connectivity index (χ0) is 4.12. The van der Waals surface area contributed by atoms with Crippen LogP contribution in [0.5, 0.6) is 0 Å². The van der Waals surface area contributed by atoms with Crippen LogP contribution in [0, 0.1) is 0 Å². The minimum Gasteiger partial charge on any atom is -0.371 e. The fraction of sp³-hybridized carbons (Fsp3) is 1.00. The van der Waals surface area contributed by atoms with E-state index in [-0.39, 0.29) is 0 Å². The van der Waals surface area contributed by atoms with Crippen LogP contribution < -0.4 is 5.90 Å². The zero-order valence-electron chi connectivity index (χ0n) is 3.40. The van der Waals surface area contributed by atoms with Crippen molar-refractivity contribution in [3.63, 3.8) is 0 Å². The lowest BCUT2D eigenvalue weighted by molar-refractivity contribution is 0.355. The Morgan fingerprint density at radius 2 is 2.60 bits per heavy atom. The van der Waals surface area contributed by atoms with E-state index in [2.05, 4.69) is 10.7 Å². The van der Waals surface area contributed by atoms with Gasteiger partial charge in [-0.05, 0) is 0 Å². The Balaban J connectivity index is 2.19. The topological polar surface area (TPSA) is 35.2 Å². The van der Waals surface area contributed by atoms with Crippen LogP contribution in [0.25, 0.3) is 0 Å². The van der Waals surface area contributed by atoms with Gasteiger partial charge in [0.15, 0.2) is 0 Å². The first-order valence-corrected chi connectivity index (χ1v) is 1.73. The van der Waals surface area contributed by atoms with Gasteiger partial charge < -0.3 is 4.76 Å². The minimum atomic E-state index is 0.667. The molecule has 3 heteroatoms. The summed E-state index contributed by atoms with van der Waals surface area (Å²) in [7, 11) is 0.667. The zero-order valence-corrected chi connectivity index (χ0v) is 3.40. The molecule has 0 amide bonds. The molecule has 0 fully saturated rings. The summed E-state index contributed by atoms with van der Waals surface area (Å²) in [4.78, 5) is 0. The summed E-state index contributed by atoms with van der Waals surface area (Å²) in [6.07, 6.45) is 0.997.